The first kappa shape index (κ1) is 19.2. The summed E-state index contributed by atoms with van der Waals surface area (Å²) in [5.74, 6) is -0.116. The fourth-order valence-electron chi connectivity index (χ4n) is 2.22. The van der Waals surface area contributed by atoms with E-state index in [-0.39, 0.29) is 5.12 Å². The van der Waals surface area contributed by atoms with Crippen molar-refractivity contribution in [3.8, 4) is 0 Å². The molecule has 0 radical (unpaired) electrons. The number of aryl methyl sites for hydroxylation is 1. The van der Waals surface area contributed by atoms with Crippen molar-refractivity contribution in [3.05, 3.63) is 34.8 Å². The van der Waals surface area contributed by atoms with Crippen LogP contribution in [0.5, 0.6) is 0 Å². The van der Waals surface area contributed by atoms with Crippen LogP contribution in [0, 0.1) is 12.9 Å². The van der Waals surface area contributed by atoms with Gasteiger partial charge in [-0.2, -0.15) is 4.39 Å². The molecule has 1 fully saturated rings. The normalized spacial score (nSPS) is 19.6. The van der Waals surface area contributed by atoms with Crippen molar-refractivity contribution in [3.63, 3.8) is 0 Å². The van der Waals surface area contributed by atoms with Gasteiger partial charge in [0, 0.05) is 24.9 Å². The van der Waals surface area contributed by atoms with E-state index in [0.29, 0.717) is 11.3 Å². The molecular weight excluding hydrogens is 328 g/mol. The molecule has 0 unspecified atom stereocenters. The minimum absolute atomic E-state index is 0.00930. The minimum Gasteiger partial charge on any atom is -0.400 e. The van der Waals surface area contributed by atoms with E-state index in [9.17, 15) is 9.18 Å². The standard InChI is InChI=1S/C17H23BFNO3S/c1-11-9-20-15(19)8-13(11)7-14(10-24-12(2)21)18-22-16(3,4)17(5,6)23-18/h7-9H,10H2,1-6H3. The van der Waals surface area contributed by atoms with Crippen molar-refractivity contribution in [2.24, 2.45) is 0 Å². The van der Waals surface area contributed by atoms with Crippen LogP contribution in [0.1, 0.15) is 45.7 Å². The first-order chi connectivity index (χ1) is 11.0. The second-order valence-corrected chi connectivity index (χ2v) is 8.10. The van der Waals surface area contributed by atoms with Crippen LogP contribution in [0.4, 0.5) is 4.39 Å². The molecule has 0 atom stereocenters. The van der Waals surface area contributed by atoms with Crippen molar-refractivity contribution >= 4 is 30.1 Å². The molecule has 0 aromatic carbocycles. The molecule has 2 rings (SSSR count). The predicted octanol–water partition coefficient (Wildman–Crippen LogP) is 3.82. The van der Waals surface area contributed by atoms with E-state index in [0.717, 1.165) is 11.0 Å². The second kappa shape index (κ2) is 6.98. The maximum absolute atomic E-state index is 13.5. The maximum atomic E-state index is 13.5. The average molecular weight is 351 g/mol. The summed E-state index contributed by atoms with van der Waals surface area (Å²) in [6, 6.07) is 1.37. The average Bonchev–Trinajstić information content (AvgIpc) is 2.66. The van der Waals surface area contributed by atoms with Crippen molar-refractivity contribution < 1.29 is 18.5 Å². The van der Waals surface area contributed by atoms with Gasteiger partial charge in [0.15, 0.2) is 5.12 Å². The summed E-state index contributed by atoms with van der Waals surface area (Å²) in [7, 11) is -0.572. The highest BCUT2D eigenvalue weighted by Gasteiger charge is 2.52. The van der Waals surface area contributed by atoms with Gasteiger partial charge >= 0.3 is 7.12 Å². The number of halogens is 1. The molecule has 7 heteroatoms. The molecule has 0 amide bonds. The number of rotatable bonds is 4. The summed E-state index contributed by atoms with van der Waals surface area (Å²) in [6.45, 7) is 11.3. The van der Waals surface area contributed by atoms with Crippen molar-refractivity contribution in [2.45, 2.75) is 52.7 Å². The van der Waals surface area contributed by atoms with Gasteiger partial charge in [0.2, 0.25) is 5.95 Å². The molecule has 0 N–H and O–H groups in total. The molecule has 1 aromatic rings. The van der Waals surface area contributed by atoms with Crippen molar-refractivity contribution in [1.82, 2.24) is 4.98 Å². The molecule has 1 aliphatic heterocycles. The predicted molar refractivity (Wildman–Crippen MR) is 96.1 cm³/mol. The van der Waals surface area contributed by atoms with E-state index < -0.39 is 24.3 Å². The zero-order valence-corrected chi connectivity index (χ0v) is 15.8. The highest BCUT2D eigenvalue weighted by Crippen LogP contribution is 2.39. The number of carbonyl (C=O) groups excluding carboxylic acids is 1. The van der Waals surface area contributed by atoms with Crippen LogP contribution in [-0.4, -0.2) is 34.2 Å². The SMILES string of the molecule is CC(=O)SCC(=Cc1cc(F)ncc1C)B1OC(C)(C)C(C)(C)O1. The minimum atomic E-state index is -0.572. The molecule has 1 aromatic heterocycles. The van der Waals surface area contributed by atoms with Crippen molar-refractivity contribution in [1.29, 1.82) is 0 Å². The molecule has 0 spiro atoms. The Morgan fingerprint density at radius 1 is 1.33 bits per heavy atom. The largest absolute Gasteiger partial charge is 0.491 e. The van der Waals surface area contributed by atoms with Gasteiger partial charge in [-0.15, -0.1) is 0 Å². The van der Waals surface area contributed by atoms with E-state index in [2.05, 4.69) is 4.98 Å². The monoisotopic (exact) mass is 351 g/mol. The molecule has 0 aliphatic carbocycles. The van der Waals surface area contributed by atoms with Crippen molar-refractivity contribution in [2.75, 3.05) is 5.75 Å². The van der Waals surface area contributed by atoms with Gasteiger partial charge in [0.25, 0.3) is 0 Å². The van der Waals surface area contributed by atoms with Gasteiger partial charge in [-0.25, -0.2) is 4.98 Å². The van der Waals surface area contributed by atoms with Crippen LogP contribution in [0.25, 0.3) is 6.08 Å². The Kier molecular flexibility index (Phi) is 5.57. The lowest BCUT2D eigenvalue weighted by Crippen LogP contribution is -2.41. The lowest BCUT2D eigenvalue weighted by atomic mass is 9.78. The fraction of sp³-hybridized carbons (Fsp3) is 0.529. The molecule has 24 heavy (non-hydrogen) atoms. The van der Waals surface area contributed by atoms with E-state index >= 15 is 0 Å². The summed E-state index contributed by atoms with van der Waals surface area (Å²) in [6.07, 6.45) is 3.32. The maximum Gasteiger partial charge on any atom is 0.491 e. The molecule has 1 saturated heterocycles. The van der Waals surface area contributed by atoms with Gasteiger partial charge in [0.05, 0.1) is 11.2 Å². The molecule has 0 saturated carbocycles. The zero-order valence-electron chi connectivity index (χ0n) is 15.0. The van der Waals surface area contributed by atoms with E-state index in [1.165, 1.54) is 30.9 Å². The number of thioether (sulfide) groups is 1. The third-order valence-electron chi connectivity index (χ3n) is 4.45. The van der Waals surface area contributed by atoms with E-state index in [1.54, 1.807) is 0 Å². The van der Waals surface area contributed by atoms with Gasteiger partial charge in [-0.05, 0) is 51.2 Å². The Labute approximate surface area is 147 Å². The quantitative estimate of drug-likeness (QED) is 0.610. The Balaban J connectivity index is 2.37. The molecular formula is C17H23BFNO3S. The van der Waals surface area contributed by atoms with Crippen LogP contribution in [0.15, 0.2) is 17.7 Å². The first-order valence-electron chi connectivity index (χ1n) is 7.83. The molecule has 0 bridgehead atoms. The summed E-state index contributed by atoms with van der Waals surface area (Å²) in [5, 5.41) is 0.00930. The summed E-state index contributed by atoms with van der Waals surface area (Å²) in [5.41, 5.74) is 1.39. The molecule has 130 valence electrons. The Hall–Kier alpha value is -1.18. The number of carbonyl (C=O) groups is 1. The Morgan fingerprint density at radius 2 is 1.92 bits per heavy atom. The van der Waals surface area contributed by atoms with Gasteiger partial charge in [-0.3, -0.25) is 4.79 Å². The van der Waals surface area contributed by atoms with E-state index in [1.807, 2.05) is 40.7 Å². The molecule has 2 heterocycles. The second-order valence-electron chi connectivity index (χ2n) is 6.95. The molecule has 1 aliphatic rings. The third kappa shape index (κ3) is 4.26. The number of hydrogen-bond donors (Lipinski definition) is 0. The smallest absolute Gasteiger partial charge is 0.400 e. The summed E-state index contributed by atoms with van der Waals surface area (Å²) in [4.78, 5) is 15.0. The van der Waals surface area contributed by atoms with Crippen LogP contribution < -0.4 is 0 Å². The molecule has 4 nitrogen and oxygen atoms in total. The van der Waals surface area contributed by atoms with E-state index in [4.69, 9.17) is 9.31 Å². The third-order valence-corrected chi connectivity index (χ3v) is 5.33. The Bertz CT molecular complexity index is 660. The number of hydrogen-bond acceptors (Lipinski definition) is 5. The number of nitrogens with zero attached hydrogens (tertiary/aromatic N) is 1. The van der Waals surface area contributed by atoms with Crippen LogP contribution >= 0.6 is 11.8 Å². The highest BCUT2D eigenvalue weighted by atomic mass is 32.2. The van der Waals surface area contributed by atoms with Gasteiger partial charge in [0.1, 0.15) is 0 Å². The summed E-state index contributed by atoms with van der Waals surface area (Å²) < 4.78 is 25.6. The summed E-state index contributed by atoms with van der Waals surface area (Å²) >= 11 is 1.18. The lowest BCUT2D eigenvalue weighted by Gasteiger charge is -2.32. The Morgan fingerprint density at radius 3 is 2.46 bits per heavy atom. The van der Waals surface area contributed by atoms with Crippen LogP contribution in [-0.2, 0) is 14.1 Å². The fourth-order valence-corrected chi connectivity index (χ4v) is 2.81. The first-order valence-corrected chi connectivity index (χ1v) is 8.82. The number of aromatic nitrogens is 1. The zero-order chi connectivity index (χ0) is 18.1. The topological polar surface area (TPSA) is 48.4 Å². The number of pyridine rings is 1. The van der Waals surface area contributed by atoms with Gasteiger partial charge in [-0.1, -0.05) is 17.8 Å². The van der Waals surface area contributed by atoms with Gasteiger partial charge < -0.3 is 9.31 Å². The highest BCUT2D eigenvalue weighted by molar-refractivity contribution is 8.13. The van der Waals surface area contributed by atoms with Crippen LogP contribution in [0.2, 0.25) is 0 Å². The van der Waals surface area contributed by atoms with Crippen LogP contribution in [0.3, 0.4) is 0 Å². The lowest BCUT2D eigenvalue weighted by molar-refractivity contribution is -0.109.